The zero-order valence-electron chi connectivity index (χ0n) is 8.24. The number of hydrogen-bond donors (Lipinski definition) is 1. The van der Waals surface area contributed by atoms with Gasteiger partial charge < -0.3 is 5.21 Å². The summed E-state index contributed by atoms with van der Waals surface area (Å²) in [5.74, 6) is 0. The van der Waals surface area contributed by atoms with Crippen molar-refractivity contribution in [3.05, 3.63) is 12.7 Å². The lowest BCUT2D eigenvalue weighted by Crippen LogP contribution is -2.41. The fraction of sp³-hybridized carbons (Fsp3) is 0.700. The zero-order valence-corrected chi connectivity index (χ0v) is 8.24. The summed E-state index contributed by atoms with van der Waals surface area (Å²) < 4.78 is 0. The molecule has 0 aromatic carbocycles. The van der Waals surface area contributed by atoms with Crippen molar-refractivity contribution in [3.8, 4) is 0 Å². The van der Waals surface area contributed by atoms with E-state index in [9.17, 15) is 0 Å². The highest BCUT2D eigenvalue weighted by molar-refractivity contribution is 5.98. The lowest BCUT2D eigenvalue weighted by atomic mass is 10.1. The Balaban J connectivity index is 2.53. The Labute approximate surface area is 79.7 Å². The summed E-state index contributed by atoms with van der Waals surface area (Å²) in [6.45, 7) is 7.90. The third-order valence-corrected chi connectivity index (χ3v) is 2.69. The third kappa shape index (κ3) is 2.56. The average Bonchev–Trinajstić information content (AvgIpc) is 2.21. The van der Waals surface area contributed by atoms with E-state index in [1.54, 1.807) is 6.08 Å². The van der Waals surface area contributed by atoms with Crippen molar-refractivity contribution in [2.75, 3.05) is 13.1 Å². The van der Waals surface area contributed by atoms with E-state index >= 15 is 0 Å². The largest absolute Gasteiger partial charge is 0.411 e. The first-order valence-electron chi connectivity index (χ1n) is 4.88. The van der Waals surface area contributed by atoms with Crippen LogP contribution in [0.4, 0.5) is 0 Å². The smallest absolute Gasteiger partial charge is 0.0958 e. The molecule has 0 saturated carbocycles. The molecule has 3 heteroatoms. The maximum absolute atomic E-state index is 8.72. The van der Waals surface area contributed by atoms with Gasteiger partial charge in [-0.1, -0.05) is 18.2 Å². The van der Waals surface area contributed by atoms with Gasteiger partial charge in [0.1, 0.15) is 0 Å². The van der Waals surface area contributed by atoms with Gasteiger partial charge in [-0.15, -0.1) is 0 Å². The topological polar surface area (TPSA) is 35.8 Å². The van der Waals surface area contributed by atoms with Crippen molar-refractivity contribution in [2.24, 2.45) is 5.16 Å². The van der Waals surface area contributed by atoms with E-state index in [4.69, 9.17) is 5.21 Å². The van der Waals surface area contributed by atoms with E-state index in [0.29, 0.717) is 5.71 Å². The van der Waals surface area contributed by atoms with Crippen molar-refractivity contribution < 1.29 is 5.21 Å². The van der Waals surface area contributed by atoms with Crippen LogP contribution in [0.3, 0.4) is 0 Å². The number of hydrogen-bond acceptors (Lipinski definition) is 3. The summed E-state index contributed by atoms with van der Waals surface area (Å²) in [5, 5.41) is 12.0. The van der Waals surface area contributed by atoms with E-state index in [1.807, 2.05) is 0 Å². The van der Waals surface area contributed by atoms with Crippen LogP contribution >= 0.6 is 0 Å². The molecule has 1 saturated heterocycles. The highest BCUT2D eigenvalue weighted by Crippen LogP contribution is 2.13. The first-order valence-corrected chi connectivity index (χ1v) is 4.88. The molecule has 1 aliphatic heterocycles. The number of nitrogens with zero attached hydrogens (tertiary/aromatic N) is 2. The van der Waals surface area contributed by atoms with Crippen LogP contribution in [0, 0.1) is 0 Å². The van der Waals surface area contributed by atoms with Crippen LogP contribution in [-0.2, 0) is 0 Å². The maximum Gasteiger partial charge on any atom is 0.0958 e. The second kappa shape index (κ2) is 5.02. The molecule has 0 aromatic heterocycles. The number of oxime groups is 1. The molecule has 0 radical (unpaired) electrons. The number of piperidine rings is 1. The molecule has 3 nitrogen and oxygen atoms in total. The second-order valence-corrected chi connectivity index (χ2v) is 3.50. The minimum Gasteiger partial charge on any atom is -0.411 e. The van der Waals surface area contributed by atoms with Crippen molar-refractivity contribution >= 4 is 5.71 Å². The van der Waals surface area contributed by atoms with Gasteiger partial charge in [-0.25, -0.2) is 0 Å². The highest BCUT2D eigenvalue weighted by atomic mass is 16.4. The molecule has 74 valence electrons. The second-order valence-electron chi connectivity index (χ2n) is 3.50. The third-order valence-electron chi connectivity index (χ3n) is 2.69. The molecule has 1 rings (SSSR count). The predicted octanol–water partition coefficient (Wildman–Crippen LogP) is 1.88. The van der Waals surface area contributed by atoms with Crippen LogP contribution in [0.1, 0.15) is 26.2 Å². The van der Waals surface area contributed by atoms with Crippen LogP contribution in [0.2, 0.25) is 0 Å². The van der Waals surface area contributed by atoms with E-state index in [-0.39, 0.29) is 6.04 Å². The van der Waals surface area contributed by atoms with Crippen LogP contribution in [0.15, 0.2) is 17.8 Å². The Morgan fingerprint density at radius 3 is 2.54 bits per heavy atom. The quantitative estimate of drug-likeness (QED) is 0.411. The Bertz CT molecular complexity index is 195. The van der Waals surface area contributed by atoms with Crippen LogP contribution < -0.4 is 0 Å². The maximum atomic E-state index is 8.72. The standard InChI is InChI=1S/C10H18N2O/c1-3-10(11-13)9(2)12-7-5-4-6-8-12/h3,9,13H,1,4-8H2,2H3/b11-10-/t9-/m0/s1. The fourth-order valence-corrected chi connectivity index (χ4v) is 1.79. The van der Waals surface area contributed by atoms with Gasteiger partial charge >= 0.3 is 0 Å². The summed E-state index contributed by atoms with van der Waals surface area (Å²) in [6.07, 6.45) is 5.45. The first kappa shape index (κ1) is 10.3. The van der Waals surface area contributed by atoms with Gasteiger partial charge in [0, 0.05) is 0 Å². The molecule has 0 amide bonds. The van der Waals surface area contributed by atoms with Crippen LogP contribution in [-0.4, -0.2) is 35.0 Å². The highest BCUT2D eigenvalue weighted by Gasteiger charge is 2.19. The van der Waals surface area contributed by atoms with Crippen LogP contribution in [0.25, 0.3) is 0 Å². The molecule has 1 fully saturated rings. The summed E-state index contributed by atoms with van der Waals surface area (Å²) in [6, 6.07) is 0.197. The predicted molar refractivity (Wildman–Crippen MR) is 54.3 cm³/mol. The first-order chi connectivity index (χ1) is 6.29. The number of likely N-dealkylation sites (tertiary alicyclic amines) is 1. The van der Waals surface area contributed by atoms with Crippen LogP contribution in [0.5, 0.6) is 0 Å². The SMILES string of the molecule is C=C/C(=N/O)[C@H](C)N1CCCCC1. The number of rotatable bonds is 3. The van der Waals surface area contributed by atoms with Gasteiger partial charge in [0.25, 0.3) is 0 Å². The molecule has 1 N–H and O–H groups in total. The summed E-state index contributed by atoms with van der Waals surface area (Å²) >= 11 is 0. The molecule has 0 bridgehead atoms. The summed E-state index contributed by atoms with van der Waals surface area (Å²) in [5.41, 5.74) is 0.668. The van der Waals surface area contributed by atoms with Gasteiger partial charge in [0.05, 0.1) is 11.8 Å². The average molecular weight is 182 g/mol. The van der Waals surface area contributed by atoms with E-state index in [2.05, 4.69) is 23.6 Å². The molecule has 0 aromatic rings. The molecule has 0 aliphatic carbocycles. The lowest BCUT2D eigenvalue weighted by molar-refractivity contribution is 0.207. The molecule has 13 heavy (non-hydrogen) atoms. The molecular weight excluding hydrogens is 164 g/mol. The van der Waals surface area contributed by atoms with E-state index in [1.165, 1.54) is 19.3 Å². The minimum absolute atomic E-state index is 0.197. The molecule has 0 spiro atoms. The van der Waals surface area contributed by atoms with Gasteiger partial charge in [-0.05, 0) is 38.9 Å². The fourth-order valence-electron chi connectivity index (χ4n) is 1.79. The molecular formula is C10H18N2O. The van der Waals surface area contributed by atoms with Crippen molar-refractivity contribution in [3.63, 3.8) is 0 Å². The molecule has 1 atom stereocenters. The zero-order chi connectivity index (χ0) is 9.68. The summed E-state index contributed by atoms with van der Waals surface area (Å²) in [7, 11) is 0. The minimum atomic E-state index is 0.197. The Hall–Kier alpha value is -0.830. The Kier molecular flexibility index (Phi) is 3.96. The molecule has 1 heterocycles. The van der Waals surface area contributed by atoms with Gasteiger partial charge in [-0.2, -0.15) is 0 Å². The Morgan fingerprint density at radius 2 is 2.08 bits per heavy atom. The van der Waals surface area contributed by atoms with Crippen molar-refractivity contribution in [1.29, 1.82) is 0 Å². The molecule has 0 unspecified atom stereocenters. The van der Waals surface area contributed by atoms with Gasteiger partial charge in [0.15, 0.2) is 0 Å². The summed E-state index contributed by atoms with van der Waals surface area (Å²) in [4.78, 5) is 2.33. The van der Waals surface area contributed by atoms with Gasteiger partial charge in [-0.3, -0.25) is 4.90 Å². The monoisotopic (exact) mass is 182 g/mol. The normalized spacial score (nSPS) is 22.7. The lowest BCUT2D eigenvalue weighted by Gasteiger charge is -2.31. The van der Waals surface area contributed by atoms with Crippen molar-refractivity contribution in [1.82, 2.24) is 4.90 Å². The van der Waals surface area contributed by atoms with E-state index in [0.717, 1.165) is 13.1 Å². The van der Waals surface area contributed by atoms with E-state index < -0.39 is 0 Å². The van der Waals surface area contributed by atoms with Gasteiger partial charge in [0.2, 0.25) is 0 Å². The van der Waals surface area contributed by atoms with Crippen molar-refractivity contribution in [2.45, 2.75) is 32.2 Å². The Morgan fingerprint density at radius 1 is 1.46 bits per heavy atom. The molecule has 1 aliphatic rings.